The van der Waals surface area contributed by atoms with E-state index in [-0.39, 0.29) is 38.2 Å². The fraction of sp³-hybridized carbons (Fsp3) is 0.722. The van der Waals surface area contributed by atoms with Gasteiger partial charge in [0.05, 0.1) is 13.0 Å². The lowest BCUT2D eigenvalue weighted by atomic mass is 10.1. The van der Waals surface area contributed by atoms with Crippen LogP contribution in [0, 0.1) is 5.92 Å². The number of hydrogen-bond donors (Lipinski definition) is 1. The first kappa shape index (κ1) is 23.4. The van der Waals surface area contributed by atoms with Crippen LogP contribution in [0.15, 0.2) is 0 Å². The Morgan fingerprint density at radius 3 is 2.18 bits per heavy atom. The molecule has 1 heterocycles. The molecule has 1 aliphatic heterocycles. The average molecular weight is 400 g/mol. The van der Waals surface area contributed by atoms with Crippen molar-refractivity contribution in [1.82, 2.24) is 10.4 Å². The lowest BCUT2D eigenvalue weighted by molar-refractivity contribution is -0.197. The molecule has 158 valence electrons. The molecule has 0 aromatic heterocycles. The number of rotatable bonds is 8. The van der Waals surface area contributed by atoms with E-state index in [2.05, 4.69) is 5.32 Å². The monoisotopic (exact) mass is 400 g/mol. The first-order chi connectivity index (χ1) is 12.9. The van der Waals surface area contributed by atoms with Gasteiger partial charge in [-0.15, -0.1) is 5.06 Å². The van der Waals surface area contributed by atoms with Gasteiger partial charge in [-0.1, -0.05) is 13.8 Å². The number of esters is 1. The number of imide groups is 1. The number of ether oxygens (including phenoxy) is 2. The molecule has 3 amide bonds. The Hall–Kier alpha value is -2.65. The van der Waals surface area contributed by atoms with Crippen molar-refractivity contribution >= 4 is 29.8 Å². The van der Waals surface area contributed by atoms with E-state index < -0.39 is 41.5 Å². The second-order valence-electron chi connectivity index (χ2n) is 7.81. The molecule has 1 aliphatic rings. The minimum atomic E-state index is -1.15. The van der Waals surface area contributed by atoms with Gasteiger partial charge in [0.1, 0.15) is 11.6 Å². The molecule has 1 saturated heterocycles. The zero-order valence-electron chi connectivity index (χ0n) is 16.9. The molecule has 0 aliphatic carbocycles. The molecule has 10 heteroatoms. The molecular formula is C18H28N2O8. The highest BCUT2D eigenvalue weighted by atomic mass is 16.7. The molecule has 0 saturated carbocycles. The maximum Gasteiger partial charge on any atom is 0.408 e. The van der Waals surface area contributed by atoms with E-state index in [1.165, 1.54) is 0 Å². The third-order valence-corrected chi connectivity index (χ3v) is 3.37. The topological polar surface area (TPSA) is 128 Å². The quantitative estimate of drug-likeness (QED) is 0.479. The van der Waals surface area contributed by atoms with E-state index in [1.807, 2.05) is 13.8 Å². The van der Waals surface area contributed by atoms with Gasteiger partial charge in [0.15, 0.2) is 0 Å². The summed E-state index contributed by atoms with van der Waals surface area (Å²) in [5, 5.41) is 2.80. The van der Waals surface area contributed by atoms with Gasteiger partial charge in [-0.3, -0.25) is 9.59 Å². The molecule has 0 bridgehead atoms. The lowest BCUT2D eigenvalue weighted by Crippen LogP contribution is -2.45. The van der Waals surface area contributed by atoms with E-state index in [0.717, 1.165) is 0 Å². The third-order valence-electron chi connectivity index (χ3n) is 3.37. The lowest BCUT2D eigenvalue weighted by Gasteiger charge is -2.23. The summed E-state index contributed by atoms with van der Waals surface area (Å²) < 4.78 is 10.2. The number of alkyl carbamates (subject to hydrolysis) is 1. The highest BCUT2D eigenvalue weighted by molar-refractivity contribution is 6.01. The van der Waals surface area contributed by atoms with Gasteiger partial charge in [-0.25, -0.2) is 14.4 Å². The fourth-order valence-electron chi connectivity index (χ4n) is 2.12. The Kier molecular flexibility index (Phi) is 8.39. The second-order valence-corrected chi connectivity index (χ2v) is 7.81. The van der Waals surface area contributed by atoms with Crippen molar-refractivity contribution in [3.05, 3.63) is 0 Å². The van der Waals surface area contributed by atoms with E-state index in [9.17, 15) is 24.0 Å². The Balaban J connectivity index is 2.66. The molecule has 1 fully saturated rings. The molecule has 0 aromatic carbocycles. The summed E-state index contributed by atoms with van der Waals surface area (Å²) in [6.07, 6.45) is -1.34. The predicted octanol–water partition coefficient (Wildman–Crippen LogP) is 1.47. The van der Waals surface area contributed by atoms with E-state index in [4.69, 9.17) is 14.3 Å². The minimum Gasteiger partial charge on any atom is -0.464 e. The summed E-state index contributed by atoms with van der Waals surface area (Å²) in [4.78, 5) is 63.8. The summed E-state index contributed by atoms with van der Waals surface area (Å²) in [6, 6.07) is -1.15. The van der Waals surface area contributed by atoms with Crippen LogP contribution in [0.5, 0.6) is 0 Å². The first-order valence-electron chi connectivity index (χ1n) is 9.11. The number of carbonyl (C=O) groups is 5. The number of hydroxylamine groups is 2. The van der Waals surface area contributed by atoms with Crippen LogP contribution in [0.4, 0.5) is 4.79 Å². The Morgan fingerprint density at radius 1 is 1.11 bits per heavy atom. The molecule has 0 aromatic rings. The zero-order valence-corrected chi connectivity index (χ0v) is 16.9. The van der Waals surface area contributed by atoms with Crippen molar-refractivity contribution in [2.75, 3.05) is 6.61 Å². The number of carbonyl (C=O) groups excluding carboxylic acids is 5. The molecule has 1 N–H and O–H groups in total. The van der Waals surface area contributed by atoms with Crippen LogP contribution >= 0.6 is 0 Å². The summed E-state index contributed by atoms with van der Waals surface area (Å²) >= 11 is 0. The van der Waals surface area contributed by atoms with Gasteiger partial charge < -0.3 is 19.6 Å². The Morgan fingerprint density at radius 2 is 1.68 bits per heavy atom. The van der Waals surface area contributed by atoms with Crippen molar-refractivity contribution in [3.8, 4) is 0 Å². The number of nitrogens with zero attached hydrogens (tertiary/aromatic N) is 1. The van der Waals surface area contributed by atoms with Crippen LogP contribution in [0.2, 0.25) is 0 Å². The molecule has 0 unspecified atom stereocenters. The normalized spacial score (nSPS) is 15.4. The SMILES string of the molecule is CC(C)COC(=O)[C@H](CCC(=O)ON1C(=O)CCC1=O)NC(=O)OC(C)(C)C. The maximum atomic E-state index is 12.2. The second kappa shape index (κ2) is 10.0. The van der Waals surface area contributed by atoms with Crippen LogP contribution in [0.3, 0.4) is 0 Å². The van der Waals surface area contributed by atoms with Gasteiger partial charge in [-0.05, 0) is 33.1 Å². The van der Waals surface area contributed by atoms with Crippen molar-refractivity contribution in [2.45, 2.75) is 71.9 Å². The highest BCUT2D eigenvalue weighted by Gasteiger charge is 2.33. The van der Waals surface area contributed by atoms with E-state index >= 15 is 0 Å². The molecule has 0 radical (unpaired) electrons. The van der Waals surface area contributed by atoms with Crippen LogP contribution in [-0.4, -0.2) is 53.2 Å². The molecule has 10 nitrogen and oxygen atoms in total. The van der Waals surface area contributed by atoms with Crippen LogP contribution in [0.1, 0.15) is 60.3 Å². The molecule has 1 atom stereocenters. The third kappa shape index (κ3) is 8.36. The van der Waals surface area contributed by atoms with E-state index in [1.54, 1.807) is 20.8 Å². The molecule has 0 spiro atoms. The van der Waals surface area contributed by atoms with Gasteiger partial charge in [-0.2, -0.15) is 0 Å². The van der Waals surface area contributed by atoms with Gasteiger partial charge in [0.25, 0.3) is 11.8 Å². The predicted molar refractivity (Wildman–Crippen MR) is 95.4 cm³/mol. The van der Waals surface area contributed by atoms with Gasteiger partial charge in [0, 0.05) is 12.8 Å². The minimum absolute atomic E-state index is 0.0174. The van der Waals surface area contributed by atoms with E-state index in [0.29, 0.717) is 5.06 Å². The van der Waals surface area contributed by atoms with Crippen LogP contribution in [-0.2, 0) is 33.5 Å². The number of amides is 3. The average Bonchev–Trinajstić information content (AvgIpc) is 2.86. The van der Waals surface area contributed by atoms with Crippen molar-refractivity contribution in [3.63, 3.8) is 0 Å². The standard InChI is InChI=1S/C18H28N2O8/c1-11(2)10-26-16(24)12(19-17(25)27-18(3,4)5)6-9-15(23)28-20-13(21)7-8-14(20)22/h11-12H,6-10H2,1-5H3,(H,19,25)/t12-/m0/s1. The van der Waals surface area contributed by atoms with Crippen LogP contribution < -0.4 is 5.32 Å². The number of hydrogen-bond acceptors (Lipinski definition) is 8. The molecule has 1 rings (SSSR count). The largest absolute Gasteiger partial charge is 0.464 e. The summed E-state index contributed by atoms with van der Waals surface area (Å²) in [5.74, 6) is -2.71. The molecular weight excluding hydrogens is 372 g/mol. The summed E-state index contributed by atoms with van der Waals surface area (Å²) in [7, 11) is 0. The van der Waals surface area contributed by atoms with Crippen molar-refractivity contribution < 1.29 is 38.3 Å². The van der Waals surface area contributed by atoms with Crippen molar-refractivity contribution in [2.24, 2.45) is 5.92 Å². The number of nitrogens with one attached hydrogen (secondary N) is 1. The molecule has 28 heavy (non-hydrogen) atoms. The Labute approximate surface area is 163 Å². The zero-order chi connectivity index (χ0) is 21.5. The maximum absolute atomic E-state index is 12.2. The summed E-state index contributed by atoms with van der Waals surface area (Å²) in [6.45, 7) is 8.85. The smallest absolute Gasteiger partial charge is 0.408 e. The van der Waals surface area contributed by atoms with Gasteiger partial charge in [0.2, 0.25) is 0 Å². The fourth-order valence-corrected chi connectivity index (χ4v) is 2.12. The highest BCUT2D eigenvalue weighted by Crippen LogP contribution is 2.14. The van der Waals surface area contributed by atoms with Crippen LogP contribution in [0.25, 0.3) is 0 Å². The summed E-state index contributed by atoms with van der Waals surface area (Å²) in [5.41, 5.74) is -0.772. The van der Waals surface area contributed by atoms with Gasteiger partial charge >= 0.3 is 18.0 Å². The Bertz CT molecular complexity index is 608. The first-order valence-corrected chi connectivity index (χ1v) is 9.11. The van der Waals surface area contributed by atoms with Crippen molar-refractivity contribution in [1.29, 1.82) is 0 Å².